The molecule has 0 saturated heterocycles. The van der Waals surface area contributed by atoms with Gasteiger partial charge >= 0.3 is 0 Å². The monoisotopic (exact) mass is 299 g/mol. The lowest BCUT2D eigenvalue weighted by atomic mass is 10.1. The summed E-state index contributed by atoms with van der Waals surface area (Å²) in [5, 5.41) is 0.967. The van der Waals surface area contributed by atoms with Gasteiger partial charge < -0.3 is 4.90 Å². The van der Waals surface area contributed by atoms with Crippen LogP contribution in [0, 0.1) is 0 Å². The lowest BCUT2D eigenvalue weighted by Gasteiger charge is -2.31. The summed E-state index contributed by atoms with van der Waals surface area (Å²) in [6, 6.07) is 2.67. The van der Waals surface area contributed by atoms with E-state index in [1.165, 1.54) is 0 Å². The number of hydrogen-bond donors (Lipinski definition) is 0. The van der Waals surface area contributed by atoms with Crippen molar-refractivity contribution in [2.75, 3.05) is 16.8 Å². The maximum atomic E-state index is 4.42. The molecule has 0 spiro atoms. The van der Waals surface area contributed by atoms with Crippen LogP contribution < -0.4 is 4.90 Å². The average molecular weight is 300 g/mol. The molecule has 1 aromatic heterocycles. The SMILES string of the molecule is CCc1cc(N(CCBr)C(CC)CC)ncn1. The molecular weight excluding hydrogens is 278 g/mol. The number of aryl methyl sites for hydroxylation is 1. The fourth-order valence-electron chi connectivity index (χ4n) is 2.04. The van der Waals surface area contributed by atoms with Crippen molar-refractivity contribution in [3.05, 3.63) is 18.1 Å². The van der Waals surface area contributed by atoms with Crippen LogP contribution in [0.2, 0.25) is 0 Å². The zero-order valence-corrected chi connectivity index (χ0v) is 12.6. The lowest BCUT2D eigenvalue weighted by molar-refractivity contribution is 0.563. The molecule has 0 bridgehead atoms. The average Bonchev–Trinajstić information content (AvgIpc) is 2.39. The number of anilines is 1. The molecule has 0 aliphatic rings. The van der Waals surface area contributed by atoms with Crippen LogP contribution >= 0.6 is 15.9 Å². The molecule has 0 radical (unpaired) electrons. The molecule has 0 fully saturated rings. The Morgan fingerprint density at radius 2 is 1.94 bits per heavy atom. The number of rotatable bonds is 7. The Balaban J connectivity index is 2.94. The molecule has 0 saturated carbocycles. The van der Waals surface area contributed by atoms with Crippen molar-refractivity contribution in [2.24, 2.45) is 0 Å². The van der Waals surface area contributed by atoms with Crippen molar-refractivity contribution in [1.29, 1.82) is 0 Å². The van der Waals surface area contributed by atoms with Crippen LogP contribution in [0.3, 0.4) is 0 Å². The highest BCUT2D eigenvalue weighted by molar-refractivity contribution is 9.09. The van der Waals surface area contributed by atoms with Crippen molar-refractivity contribution in [1.82, 2.24) is 9.97 Å². The van der Waals surface area contributed by atoms with Gasteiger partial charge in [-0.05, 0) is 19.3 Å². The molecular formula is C13H22BrN3. The number of halogens is 1. The van der Waals surface area contributed by atoms with E-state index in [1.807, 2.05) is 0 Å². The number of hydrogen-bond acceptors (Lipinski definition) is 3. The second kappa shape index (κ2) is 7.64. The van der Waals surface area contributed by atoms with Gasteiger partial charge in [-0.2, -0.15) is 0 Å². The molecule has 0 N–H and O–H groups in total. The summed E-state index contributed by atoms with van der Waals surface area (Å²) in [7, 11) is 0. The van der Waals surface area contributed by atoms with Crippen molar-refractivity contribution in [2.45, 2.75) is 46.1 Å². The highest BCUT2D eigenvalue weighted by atomic mass is 79.9. The van der Waals surface area contributed by atoms with E-state index in [0.717, 1.165) is 42.6 Å². The molecule has 0 aliphatic heterocycles. The first-order valence-electron chi connectivity index (χ1n) is 6.40. The predicted molar refractivity (Wildman–Crippen MR) is 76.9 cm³/mol. The van der Waals surface area contributed by atoms with E-state index in [0.29, 0.717) is 6.04 Å². The summed E-state index contributed by atoms with van der Waals surface area (Å²) in [5.74, 6) is 1.06. The predicted octanol–water partition coefficient (Wildman–Crippen LogP) is 3.43. The minimum Gasteiger partial charge on any atom is -0.353 e. The fraction of sp³-hybridized carbons (Fsp3) is 0.692. The van der Waals surface area contributed by atoms with Crippen LogP contribution in [-0.2, 0) is 6.42 Å². The number of aromatic nitrogens is 2. The number of alkyl halides is 1. The summed E-state index contributed by atoms with van der Waals surface area (Å²) >= 11 is 3.52. The van der Waals surface area contributed by atoms with Gasteiger partial charge in [0.05, 0.1) is 0 Å². The molecule has 0 atom stereocenters. The zero-order chi connectivity index (χ0) is 12.7. The first-order chi connectivity index (χ1) is 8.26. The normalized spacial score (nSPS) is 10.9. The molecule has 3 nitrogen and oxygen atoms in total. The smallest absolute Gasteiger partial charge is 0.132 e. The maximum Gasteiger partial charge on any atom is 0.132 e. The highest BCUT2D eigenvalue weighted by Crippen LogP contribution is 2.18. The van der Waals surface area contributed by atoms with Gasteiger partial charge in [-0.15, -0.1) is 0 Å². The Bertz CT molecular complexity index is 326. The Hall–Kier alpha value is -0.640. The molecule has 0 amide bonds. The fourth-order valence-corrected chi connectivity index (χ4v) is 2.42. The Kier molecular flexibility index (Phi) is 6.48. The summed E-state index contributed by atoms with van der Waals surface area (Å²) in [6.45, 7) is 7.58. The topological polar surface area (TPSA) is 29.0 Å². The molecule has 1 heterocycles. The molecule has 1 aromatic rings. The Labute approximate surface area is 113 Å². The van der Waals surface area contributed by atoms with E-state index in [9.17, 15) is 0 Å². The second-order valence-electron chi connectivity index (χ2n) is 4.07. The van der Waals surface area contributed by atoms with E-state index in [1.54, 1.807) is 6.33 Å². The third-order valence-electron chi connectivity index (χ3n) is 3.07. The zero-order valence-electron chi connectivity index (χ0n) is 11.0. The Morgan fingerprint density at radius 1 is 1.24 bits per heavy atom. The van der Waals surface area contributed by atoms with Crippen LogP contribution in [0.4, 0.5) is 5.82 Å². The molecule has 17 heavy (non-hydrogen) atoms. The molecule has 4 heteroatoms. The van der Waals surface area contributed by atoms with Gasteiger partial charge in [0.2, 0.25) is 0 Å². The lowest BCUT2D eigenvalue weighted by Crippen LogP contribution is -2.36. The van der Waals surface area contributed by atoms with Gasteiger partial charge in [-0.1, -0.05) is 36.7 Å². The molecule has 96 valence electrons. The number of nitrogens with zero attached hydrogens (tertiary/aromatic N) is 3. The maximum absolute atomic E-state index is 4.42. The van der Waals surface area contributed by atoms with Gasteiger partial charge in [-0.25, -0.2) is 9.97 Å². The summed E-state index contributed by atoms with van der Waals surface area (Å²) < 4.78 is 0. The van der Waals surface area contributed by atoms with Crippen molar-refractivity contribution < 1.29 is 0 Å². The van der Waals surface area contributed by atoms with Crippen LogP contribution in [0.15, 0.2) is 12.4 Å². The highest BCUT2D eigenvalue weighted by Gasteiger charge is 2.16. The van der Waals surface area contributed by atoms with Gasteiger partial charge in [-0.3, -0.25) is 0 Å². The van der Waals surface area contributed by atoms with Crippen LogP contribution in [-0.4, -0.2) is 27.9 Å². The minimum absolute atomic E-state index is 0.562. The summed E-state index contributed by atoms with van der Waals surface area (Å²) in [5.41, 5.74) is 1.11. The second-order valence-corrected chi connectivity index (χ2v) is 4.87. The van der Waals surface area contributed by atoms with Crippen molar-refractivity contribution in [3.63, 3.8) is 0 Å². The quantitative estimate of drug-likeness (QED) is 0.722. The van der Waals surface area contributed by atoms with Crippen molar-refractivity contribution in [3.8, 4) is 0 Å². The van der Waals surface area contributed by atoms with Gasteiger partial charge in [0.1, 0.15) is 12.1 Å². The molecule has 0 aromatic carbocycles. The van der Waals surface area contributed by atoms with E-state index in [4.69, 9.17) is 0 Å². The van der Waals surface area contributed by atoms with E-state index in [2.05, 4.69) is 57.6 Å². The molecule has 0 aliphatic carbocycles. The van der Waals surface area contributed by atoms with E-state index < -0.39 is 0 Å². The summed E-state index contributed by atoms with van der Waals surface area (Å²) in [6.07, 6.45) is 4.93. The molecule has 0 unspecified atom stereocenters. The minimum atomic E-state index is 0.562. The summed E-state index contributed by atoms with van der Waals surface area (Å²) in [4.78, 5) is 11.1. The van der Waals surface area contributed by atoms with E-state index >= 15 is 0 Å². The van der Waals surface area contributed by atoms with E-state index in [-0.39, 0.29) is 0 Å². The van der Waals surface area contributed by atoms with Crippen LogP contribution in [0.25, 0.3) is 0 Å². The van der Waals surface area contributed by atoms with Crippen LogP contribution in [0.1, 0.15) is 39.3 Å². The largest absolute Gasteiger partial charge is 0.353 e. The third-order valence-corrected chi connectivity index (χ3v) is 3.43. The first kappa shape index (κ1) is 14.4. The van der Waals surface area contributed by atoms with Crippen LogP contribution in [0.5, 0.6) is 0 Å². The van der Waals surface area contributed by atoms with Crippen molar-refractivity contribution >= 4 is 21.7 Å². The standard InChI is InChI=1S/C13H22BrN3/c1-4-11-9-13(16-10-15-11)17(8-7-14)12(5-2)6-3/h9-10,12H,4-8H2,1-3H3. The van der Waals surface area contributed by atoms with Gasteiger partial charge in [0, 0.05) is 29.7 Å². The van der Waals surface area contributed by atoms with Gasteiger partial charge in [0.25, 0.3) is 0 Å². The Morgan fingerprint density at radius 3 is 2.47 bits per heavy atom. The first-order valence-corrected chi connectivity index (χ1v) is 7.52. The third kappa shape index (κ3) is 3.95. The molecule has 1 rings (SSSR count). The van der Waals surface area contributed by atoms with Gasteiger partial charge in [0.15, 0.2) is 0 Å².